The predicted octanol–water partition coefficient (Wildman–Crippen LogP) is 2.17. The highest BCUT2D eigenvalue weighted by atomic mass is 16.2. The molecule has 3 heterocycles. The van der Waals surface area contributed by atoms with Crippen molar-refractivity contribution in [3.8, 4) is 0 Å². The Morgan fingerprint density at radius 1 is 1.16 bits per heavy atom. The molecule has 0 saturated carbocycles. The number of fused-ring (bicyclic) bond motifs is 1. The number of aromatic amines is 2. The van der Waals surface area contributed by atoms with Crippen LogP contribution >= 0.6 is 0 Å². The van der Waals surface area contributed by atoms with Crippen LogP contribution in [0.4, 0.5) is 0 Å². The molecule has 3 aromatic rings. The zero-order valence-corrected chi connectivity index (χ0v) is 14.2. The molecule has 0 unspecified atom stereocenters. The van der Waals surface area contributed by atoms with Gasteiger partial charge in [0.2, 0.25) is 5.91 Å². The van der Waals surface area contributed by atoms with Gasteiger partial charge in [0.05, 0.1) is 0 Å². The lowest BCUT2D eigenvalue weighted by Crippen LogP contribution is -2.48. The molecule has 1 saturated heterocycles. The van der Waals surface area contributed by atoms with E-state index in [1.807, 2.05) is 4.90 Å². The highest BCUT2D eigenvalue weighted by Gasteiger charge is 2.21. The maximum atomic E-state index is 12.3. The van der Waals surface area contributed by atoms with Crippen LogP contribution in [-0.4, -0.2) is 56.8 Å². The molecule has 130 valence electrons. The Bertz CT molecular complexity index is 798. The zero-order chi connectivity index (χ0) is 17.1. The first kappa shape index (κ1) is 15.9. The third kappa shape index (κ3) is 3.74. The van der Waals surface area contributed by atoms with Gasteiger partial charge in [-0.2, -0.15) is 0 Å². The summed E-state index contributed by atoms with van der Waals surface area (Å²) in [7, 11) is 0. The van der Waals surface area contributed by atoms with E-state index in [1.165, 1.54) is 16.6 Å². The quantitative estimate of drug-likeness (QED) is 0.750. The van der Waals surface area contributed by atoms with Crippen molar-refractivity contribution >= 4 is 16.8 Å². The monoisotopic (exact) mass is 337 g/mol. The minimum absolute atomic E-state index is 0.224. The molecule has 4 rings (SSSR count). The minimum Gasteiger partial charge on any atom is -0.357 e. The molecule has 2 N–H and O–H groups in total. The fourth-order valence-corrected chi connectivity index (χ4v) is 3.43. The van der Waals surface area contributed by atoms with Gasteiger partial charge in [-0.25, -0.2) is 4.98 Å². The first-order valence-electron chi connectivity index (χ1n) is 8.83. The molecular weight excluding hydrogens is 314 g/mol. The van der Waals surface area contributed by atoms with Crippen molar-refractivity contribution in [1.82, 2.24) is 24.8 Å². The van der Waals surface area contributed by atoms with Crippen LogP contribution in [0.2, 0.25) is 0 Å². The SMILES string of the molecule is O=C(CCc1ncc[nH]1)N1CCN(Cc2cc3ccccc3[nH]2)CC1. The van der Waals surface area contributed by atoms with Crippen molar-refractivity contribution in [3.05, 3.63) is 54.2 Å². The lowest BCUT2D eigenvalue weighted by Gasteiger charge is -2.34. The molecule has 0 atom stereocenters. The van der Waals surface area contributed by atoms with Crippen LogP contribution in [0.3, 0.4) is 0 Å². The van der Waals surface area contributed by atoms with Crippen molar-refractivity contribution in [3.63, 3.8) is 0 Å². The molecule has 0 aliphatic carbocycles. The van der Waals surface area contributed by atoms with E-state index in [4.69, 9.17) is 0 Å². The van der Waals surface area contributed by atoms with Crippen LogP contribution < -0.4 is 0 Å². The van der Waals surface area contributed by atoms with Crippen LogP contribution in [0.15, 0.2) is 42.7 Å². The summed E-state index contributed by atoms with van der Waals surface area (Å²) in [5.41, 5.74) is 2.42. The number of imidazole rings is 1. The summed E-state index contributed by atoms with van der Waals surface area (Å²) in [6.45, 7) is 4.35. The van der Waals surface area contributed by atoms with E-state index < -0.39 is 0 Å². The standard InChI is InChI=1S/C19H23N5O/c25-19(6-5-18-20-7-8-21-18)24-11-9-23(10-12-24)14-16-13-15-3-1-2-4-17(15)22-16/h1-4,7-8,13,22H,5-6,9-12,14H2,(H,20,21). The second-order valence-electron chi connectivity index (χ2n) is 6.57. The number of nitrogens with one attached hydrogen (secondary N) is 2. The fourth-order valence-electron chi connectivity index (χ4n) is 3.43. The normalized spacial score (nSPS) is 15.8. The molecular formula is C19H23N5O. The molecule has 0 radical (unpaired) electrons. The number of hydrogen-bond donors (Lipinski definition) is 2. The number of carbonyl (C=O) groups is 1. The van der Waals surface area contributed by atoms with Crippen LogP contribution in [0.25, 0.3) is 10.9 Å². The number of rotatable bonds is 5. The van der Waals surface area contributed by atoms with Crippen molar-refractivity contribution < 1.29 is 4.79 Å². The van der Waals surface area contributed by atoms with E-state index in [1.54, 1.807) is 12.4 Å². The Kier molecular flexibility index (Phi) is 4.52. The van der Waals surface area contributed by atoms with Crippen molar-refractivity contribution in [2.75, 3.05) is 26.2 Å². The first-order chi connectivity index (χ1) is 12.3. The molecule has 0 spiro atoms. The van der Waals surface area contributed by atoms with Crippen LogP contribution in [0.1, 0.15) is 17.9 Å². The number of benzene rings is 1. The first-order valence-corrected chi connectivity index (χ1v) is 8.83. The van der Waals surface area contributed by atoms with Gasteiger partial charge in [0, 0.05) is 69.2 Å². The van der Waals surface area contributed by atoms with Gasteiger partial charge in [-0.15, -0.1) is 0 Å². The van der Waals surface area contributed by atoms with Crippen LogP contribution in [-0.2, 0) is 17.8 Å². The molecule has 1 fully saturated rings. The van der Waals surface area contributed by atoms with Gasteiger partial charge in [0.1, 0.15) is 5.82 Å². The van der Waals surface area contributed by atoms with E-state index in [9.17, 15) is 4.79 Å². The van der Waals surface area contributed by atoms with Crippen LogP contribution in [0.5, 0.6) is 0 Å². The van der Waals surface area contributed by atoms with Gasteiger partial charge in [0.15, 0.2) is 0 Å². The number of aromatic nitrogens is 3. The largest absolute Gasteiger partial charge is 0.357 e. The third-order valence-electron chi connectivity index (χ3n) is 4.84. The summed E-state index contributed by atoms with van der Waals surface area (Å²) in [5.74, 6) is 1.10. The molecule has 1 aliphatic heterocycles. The summed E-state index contributed by atoms with van der Waals surface area (Å²) < 4.78 is 0. The molecule has 1 amide bonds. The maximum absolute atomic E-state index is 12.3. The van der Waals surface area contributed by atoms with Crippen molar-refractivity contribution in [2.45, 2.75) is 19.4 Å². The van der Waals surface area contributed by atoms with Gasteiger partial charge >= 0.3 is 0 Å². The number of H-pyrrole nitrogens is 2. The van der Waals surface area contributed by atoms with Gasteiger partial charge < -0.3 is 14.9 Å². The van der Waals surface area contributed by atoms with Crippen molar-refractivity contribution in [2.24, 2.45) is 0 Å². The Morgan fingerprint density at radius 3 is 2.76 bits per heavy atom. The highest BCUT2D eigenvalue weighted by Crippen LogP contribution is 2.17. The Morgan fingerprint density at radius 2 is 2.00 bits per heavy atom. The average Bonchev–Trinajstić information content (AvgIpc) is 3.29. The Hall–Kier alpha value is -2.60. The number of carbonyl (C=O) groups excluding carboxylic acids is 1. The maximum Gasteiger partial charge on any atom is 0.223 e. The minimum atomic E-state index is 0.224. The zero-order valence-electron chi connectivity index (χ0n) is 14.2. The molecule has 1 aliphatic rings. The summed E-state index contributed by atoms with van der Waals surface area (Å²) >= 11 is 0. The lowest BCUT2D eigenvalue weighted by atomic mass is 10.2. The van der Waals surface area contributed by atoms with Gasteiger partial charge in [-0.3, -0.25) is 9.69 Å². The van der Waals surface area contributed by atoms with Crippen molar-refractivity contribution in [1.29, 1.82) is 0 Å². The second-order valence-corrected chi connectivity index (χ2v) is 6.57. The number of aryl methyl sites for hydroxylation is 1. The van der Waals surface area contributed by atoms with Gasteiger partial charge in [-0.05, 0) is 17.5 Å². The molecule has 2 aromatic heterocycles. The number of amides is 1. The Labute approximate surface area is 146 Å². The fraction of sp³-hybridized carbons (Fsp3) is 0.368. The van der Waals surface area contributed by atoms with E-state index in [2.05, 4.69) is 50.2 Å². The van der Waals surface area contributed by atoms with Crippen LogP contribution in [0, 0.1) is 0 Å². The van der Waals surface area contributed by atoms with E-state index in [-0.39, 0.29) is 5.91 Å². The molecule has 25 heavy (non-hydrogen) atoms. The molecule has 0 bridgehead atoms. The van der Waals surface area contributed by atoms with E-state index >= 15 is 0 Å². The predicted molar refractivity (Wildman–Crippen MR) is 97.1 cm³/mol. The lowest BCUT2D eigenvalue weighted by molar-refractivity contribution is -0.133. The molecule has 1 aromatic carbocycles. The Balaban J connectivity index is 1.27. The number of nitrogens with zero attached hydrogens (tertiary/aromatic N) is 3. The van der Waals surface area contributed by atoms with Gasteiger partial charge in [0.25, 0.3) is 0 Å². The number of para-hydroxylation sites is 1. The van der Waals surface area contributed by atoms with E-state index in [0.717, 1.165) is 38.5 Å². The summed E-state index contributed by atoms with van der Waals surface area (Å²) in [4.78, 5) is 27.4. The average molecular weight is 337 g/mol. The summed E-state index contributed by atoms with van der Waals surface area (Å²) in [6, 6.07) is 10.6. The topological polar surface area (TPSA) is 68.0 Å². The second kappa shape index (κ2) is 7.11. The van der Waals surface area contributed by atoms with Gasteiger partial charge in [-0.1, -0.05) is 18.2 Å². The smallest absolute Gasteiger partial charge is 0.223 e. The molecule has 6 nitrogen and oxygen atoms in total. The number of hydrogen-bond acceptors (Lipinski definition) is 3. The number of piperazine rings is 1. The van der Waals surface area contributed by atoms with E-state index in [0.29, 0.717) is 12.8 Å². The third-order valence-corrected chi connectivity index (χ3v) is 4.84. The molecule has 6 heteroatoms. The highest BCUT2D eigenvalue weighted by molar-refractivity contribution is 5.80. The summed E-state index contributed by atoms with van der Waals surface area (Å²) in [6.07, 6.45) is 4.72. The summed E-state index contributed by atoms with van der Waals surface area (Å²) in [5, 5.41) is 1.25.